The van der Waals surface area contributed by atoms with Crippen molar-refractivity contribution in [1.82, 2.24) is 0 Å². The van der Waals surface area contributed by atoms with Crippen LogP contribution in [0.2, 0.25) is 0 Å². The first-order valence-electron chi connectivity index (χ1n) is 13.7. The van der Waals surface area contributed by atoms with Crippen molar-refractivity contribution in [3.63, 3.8) is 0 Å². The van der Waals surface area contributed by atoms with Crippen LogP contribution in [-0.4, -0.2) is 66.3 Å². The molecule has 4 aliphatic carbocycles. The summed E-state index contributed by atoms with van der Waals surface area (Å²) in [6.07, 6.45) is -18.1. The number of ether oxygens (including phenoxy) is 3. The lowest BCUT2D eigenvalue weighted by Crippen LogP contribution is -2.64. The Morgan fingerprint density at radius 3 is 2.04 bits per heavy atom. The van der Waals surface area contributed by atoms with Crippen molar-refractivity contribution >= 4 is 29.5 Å². The third kappa shape index (κ3) is 5.64. The number of Topliss-reactive ketones (excluding diaryl/α,β-unsaturated/α-hetero) is 1. The second-order valence-electron chi connectivity index (χ2n) is 12.3. The number of halogens is 9. The van der Waals surface area contributed by atoms with Crippen LogP contribution in [0.15, 0.2) is 23.8 Å². The molecule has 0 radical (unpaired) electrons. The van der Waals surface area contributed by atoms with Crippen LogP contribution in [0.3, 0.4) is 0 Å². The van der Waals surface area contributed by atoms with E-state index in [-0.39, 0.29) is 37.9 Å². The molecule has 250 valence electrons. The molecule has 45 heavy (non-hydrogen) atoms. The average molecular weight is 662 g/mol. The first kappa shape index (κ1) is 34.5. The molecule has 3 fully saturated rings. The summed E-state index contributed by atoms with van der Waals surface area (Å²) in [5.74, 6) is -13.3. The molecule has 0 aromatic carbocycles. The fourth-order valence-electron chi connectivity index (χ4n) is 8.18. The molecule has 0 aliphatic heterocycles. The zero-order chi connectivity index (χ0) is 34.1. The van der Waals surface area contributed by atoms with Crippen molar-refractivity contribution in [3.8, 4) is 0 Å². The Morgan fingerprint density at radius 2 is 1.49 bits per heavy atom. The summed E-state index contributed by atoms with van der Waals surface area (Å²) in [5, 5.41) is 0. The summed E-state index contributed by atoms with van der Waals surface area (Å²) in [7, 11) is 0. The van der Waals surface area contributed by atoms with E-state index >= 15 is 0 Å². The monoisotopic (exact) mass is 662 g/mol. The maximum absolute atomic E-state index is 13.6. The van der Waals surface area contributed by atoms with Gasteiger partial charge in [0.1, 0.15) is 6.10 Å². The third-order valence-electron chi connectivity index (χ3n) is 9.96. The number of allylic oxidation sites excluding steroid dienone is 1. The summed E-state index contributed by atoms with van der Waals surface area (Å²) in [6, 6.07) is 0. The van der Waals surface area contributed by atoms with Gasteiger partial charge in [0, 0.05) is 17.8 Å². The standard InChI is InChI=1S/C28H27F9O8/c1-12-8-16-15-5-4-13-9-14(38)6-7-23(13,2)19(15)17(44-21(41)27(32,33)34)10-24(16,3)25(12,45-22(42)28(35,36)37)18(39)11-43-20(40)26(29,30)31/h9,15-17,19H,1,4-8,10-11H2,2-3H3/t15-,16-,17-,19+,23-,24-,25+/m0/s1. The SMILES string of the molecule is C=C1C[C@H]2[C@@H]3CCC4=CC(=O)CC[C@]4(C)[C@H]3[C@@H](OC(=O)C(F)(F)F)C[C@]2(C)[C@]1(OC(=O)C(F)(F)F)C(=O)COC(=O)C(F)(F)F. The lowest BCUT2D eigenvalue weighted by molar-refractivity contribution is -0.238. The van der Waals surface area contributed by atoms with Gasteiger partial charge in [-0.25, -0.2) is 14.4 Å². The van der Waals surface area contributed by atoms with Crippen LogP contribution < -0.4 is 0 Å². The van der Waals surface area contributed by atoms with Crippen molar-refractivity contribution < 1.29 is 77.7 Å². The summed E-state index contributed by atoms with van der Waals surface area (Å²) in [4.78, 5) is 61.6. The molecule has 0 bridgehead atoms. The maximum Gasteiger partial charge on any atom is 0.490 e. The van der Waals surface area contributed by atoms with Crippen molar-refractivity contribution in [2.24, 2.45) is 28.6 Å². The Hall–Kier alpha value is -3.40. The van der Waals surface area contributed by atoms with Gasteiger partial charge in [-0.15, -0.1) is 0 Å². The Morgan fingerprint density at radius 1 is 0.911 bits per heavy atom. The minimum absolute atomic E-state index is 0.00596. The Kier molecular flexibility index (Phi) is 8.31. The first-order chi connectivity index (χ1) is 20.4. The van der Waals surface area contributed by atoms with Gasteiger partial charge in [-0.2, -0.15) is 39.5 Å². The third-order valence-corrected chi connectivity index (χ3v) is 9.96. The Labute approximate surface area is 249 Å². The van der Waals surface area contributed by atoms with Crippen molar-refractivity contribution in [1.29, 1.82) is 0 Å². The number of hydrogen-bond acceptors (Lipinski definition) is 8. The smallest absolute Gasteiger partial charge is 0.455 e. The van der Waals surface area contributed by atoms with Gasteiger partial charge >= 0.3 is 36.4 Å². The molecular formula is C28H27F9O8. The molecule has 17 heteroatoms. The van der Waals surface area contributed by atoms with E-state index in [1.54, 1.807) is 6.92 Å². The summed E-state index contributed by atoms with van der Waals surface area (Å²) in [6.45, 7) is 4.52. The molecule has 0 aromatic rings. The van der Waals surface area contributed by atoms with Crippen LogP contribution in [0.25, 0.3) is 0 Å². The average Bonchev–Trinajstić information content (AvgIpc) is 3.12. The molecule has 0 unspecified atom stereocenters. The van der Waals surface area contributed by atoms with Crippen LogP contribution in [0.1, 0.15) is 52.4 Å². The minimum Gasteiger partial charge on any atom is -0.455 e. The first-order valence-corrected chi connectivity index (χ1v) is 13.7. The van der Waals surface area contributed by atoms with Gasteiger partial charge in [-0.3, -0.25) is 9.59 Å². The van der Waals surface area contributed by atoms with Gasteiger partial charge in [0.25, 0.3) is 0 Å². The number of carbonyl (C=O) groups is 5. The molecule has 8 nitrogen and oxygen atoms in total. The summed E-state index contributed by atoms with van der Waals surface area (Å²) >= 11 is 0. The van der Waals surface area contributed by atoms with Gasteiger partial charge in [0.15, 0.2) is 12.4 Å². The van der Waals surface area contributed by atoms with Gasteiger partial charge < -0.3 is 14.2 Å². The topological polar surface area (TPSA) is 113 Å². The van der Waals surface area contributed by atoms with E-state index in [1.165, 1.54) is 6.08 Å². The Balaban J connectivity index is 1.87. The second kappa shape index (κ2) is 10.9. The fourth-order valence-corrected chi connectivity index (χ4v) is 8.18. The van der Waals surface area contributed by atoms with Gasteiger partial charge in [0.2, 0.25) is 11.4 Å². The van der Waals surface area contributed by atoms with Crippen LogP contribution in [-0.2, 0) is 38.2 Å². The number of hydrogen-bond donors (Lipinski definition) is 0. The molecule has 4 rings (SSSR count). The van der Waals surface area contributed by atoms with E-state index in [1.807, 2.05) is 0 Å². The highest BCUT2D eigenvalue weighted by atomic mass is 19.4. The summed E-state index contributed by atoms with van der Waals surface area (Å²) < 4.78 is 133. The minimum atomic E-state index is -5.75. The summed E-state index contributed by atoms with van der Waals surface area (Å²) in [5.41, 5.74) is -6.28. The van der Waals surface area contributed by atoms with E-state index in [2.05, 4.69) is 11.3 Å². The zero-order valence-corrected chi connectivity index (χ0v) is 23.7. The van der Waals surface area contributed by atoms with Crippen LogP contribution in [0.4, 0.5) is 39.5 Å². The Bertz CT molecular complexity index is 1360. The number of rotatable bonds is 5. The van der Waals surface area contributed by atoms with E-state index < -0.39 is 101 Å². The highest BCUT2D eigenvalue weighted by Crippen LogP contribution is 2.70. The molecule has 7 atom stereocenters. The molecule has 0 N–H and O–H groups in total. The quantitative estimate of drug-likeness (QED) is 0.169. The predicted octanol–water partition coefficient (Wildman–Crippen LogP) is 5.29. The van der Waals surface area contributed by atoms with Crippen molar-refractivity contribution in [2.75, 3.05) is 6.61 Å². The molecule has 0 spiro atoms. The molecule has 4 aliphatic rings. The number of alkyl halides is 9. The zero-order valence-electron chi connectivity index (χ0n) is 23.7. The normalized spacial score (nSPS) is 35.0. The molecule has 0 heterocycles. The lowest BCUT2D eigenvalue weighted by atomic mass is 9.45. The molecular weight excluding hydrogens is 635 g/mol. The maximum atomic E-state index is 13.6. The van der Waals surface area contributed by atoms with E-state index in [9.17, 15) is 63.5 Å². The highest BCUT2D eigenvalue weighted by molar-refractivity contribution is 5.97. The number of carbonyl (C=O) groups excluding carboxylic acids is 5. The fraction of sp³-hybridized carbons (Fsp3) is 0.679. The van der Waals surface area contributed by atoms with E-state index in [0.29, 0.717) is 5.57 Å². The van der Waals surface area contributed by atoms with Gasteiger partial charge in [-0.1, -0.05) is 26.0 Å². The molecule has 0 saturated heterocycles. The second-order valence-corrected chi connectivity index (χ2v) is 12.3. The predicted molar refractivity (Wildman–Crippen MR) is 129 cm³/mol. The molecule has 0 amide bonds. The number of ketones is 2. The van der Waals surface area contributed by atoms with Crippen LogP contribution in [0.5, 0.6) is 0 Å². The largest absolute Gasteiger partial charge is 0.490 e. The van der Waals surface area contributed by atoms with Crippen LogP contribution in [0, 0.1) is 28.6 Å². The van der Waals surface area contributed by atoms with E-state index in [4.69, 9.17) is 9.47 Å². The van der Waals surface area contributed by atoms with Crippen molar-refractivity contribution in [3.05, 3.63) is 23.8 Å². The number of fused-ring (bicyclic) bond motifs is 5. The van der Waals surface area contributed by atoms with Gasteiger partial charge in [-0.05, 0) is 61.0 Å². The van der Waals surface area contributed by atoms with E-state index in [0.717, 1.165) is 6.92 Å². The number of esters is 3. The lowest BCUT2D eigenvalue weighted by Gasteiger charge is -2.61. The highest BCUT2D eigenvalue weighted by Gasteiger charge is 2.74. The molecule has 3 saturated carbocycles. The van der Waals surface area contributed by atoms with Gasteiger partial charge in [0.05, 0.1) is 0 Å². The van der Waals surface area contributed by atoms with Crippen LogP contribution >= 0.6 is 0 Å². The van der Waals surface area contributed by atoms with Crippen molar-refractivity contribution in [2.45, 2.75) is 82.6 Å². The molecule has 0 aromatic heterocycles.